The second kappa shape index (κ2) is 7.74. The van der Waals surface area contributed by atoms with Crippen LogP contribution in [0.15, 0.2) is 64.3 Å². The van der Waals surface area contributed by atoms with Crippen molar-refractivity contribution in [2.75, 3.05) is 13.7 Å². The Morgan fingerprint density at radius 3 is 2.46 bits per heavy atom. The van der Waals surface area contributed by atoms with Crippen LogP contribution < -0.4 is 16.0 Å². The quantitative estimate of drug-likeness (QED) is 0.406. The van der Waals surface area contributed by atoms with E-state index in [1.807, 2.05) is 43.4 Å². The average Bonchev–Trinajstić information content (AvgIpc) is 3.42. The van der Waals surface area contributed by atoms with Crippen LogP contribution in [0.3, 0.4) is 0 Å². The van der Waals surface area contributed by atoms with E-state index in [1.54, 1.807) is 18.7 Å². The molecule has 8 nitrogen and oxygen atoms in total. The number of nitrogens with zero attached hydrogens (tertiary/aromatic N) is 4. The molecule has 8 heteroatoms. The molecule has 5 aromatic rings. The van der Waals surface area contributed by atoms with Crippen molar-refractivity contribution in [1.82, 2.24) is 18.3 Å². The summed E-state index contributed by atoms with van der Waals surface area (Å²) in [6, 6.07) is 15.9. The van der Waals surface area contributed by atoms with Crippen molar-refractivity contribution in [2.24, 2.45) is 21.1 Å². The smallest absolute Gasteiger partial charge is 0.331 e. The molecule has 4 heterocycles. The number of para-hydroxylation sites is 1. The molecule has 2 aromatic carbocycles. The number of fused-ring (bicyclic) bond motifs is 4. The van der Waals surface area contributed by atoms with Gasteiger partial charge in [-0.3, -0.25) is 13.9 Å². The van der Waals surface area contributed by atoms with Crippen molar-refractivity contribution in [3.05, 3.63) is 86.8 Å². The van der Waals surface area contributed by atoms with Crippen molar-refractivity contribution < 1.29 is 9.47 Å². The summed E-state index contributed by atoms with van der Waals surface area (Å²) in [4.78, 5) is 26.6. The monoisotopic (exact) mass is 470 g/mol. The number of ether oxygens (including phenoxy) is 2. The Morgan fingerprint density at radius 2 is 1.71 bits per heavy atom. The van der Waals surface area contributed by atoms with E-state index in [1.165, 1.54) is 11.6 Å². The second-order valence-electron chi connectivity index (χ2n) is 9.01. The fraction of sp³-hybridized carbons (Fsp3) is 0.259. The first kappa shape index (κ1) is 21.5. The molecule has 1 aliphatic heterocycles. The van der Waals surface area contributed by atoms with E-state index in [2.05, 4.69) is 27.5 Å². The Morgan fingerprint density at radius 1 is 0.971 bits per heavy atom. The lowest BCUT2D eigenvalue weighted by Crippen LogP contribution is -2.37. The van der Waals surface area contributed by atoms with E-state index in [4.69, 9.17) is 9.47 Å². The summed E-state index contributed by atoms with van der Waals surface area (Å²) in [7, 11) is 6.88. The van der Waals surface area contributed by atoms with Gasteiger partial charge < -0.3 is 18.6 Å². The molecular weight excluding hydrogens is 444 g/mol. The Balaban J connectivity index is 1.74. The highest BCUT2D eigenvalue weighted by Gasteiger charge is 2.34. The van der Waals surface area contributed by atoms with Crippen molar-refractivity contribution in [3.8, 4) is 17.0 Å². The number of hydrogen-bond acceptors (Lipinski definition) is 4. The first-order valence-electron chi connectivity index (χ1n) is 11.5. The van der Waals surface area contributed by atoms with Gasteiger partial charge in [0.25, 0.3) is 5.56 Å². The predicted octanol–water partition coefficient (Wildman–Crippen LogP) is 3.33. The van der Waals surface area contributed by atoms with Gasteiger partial charge in [-0.15, -0.1) is 0 Å². The Kier molecular flexibility index (Phi) is 4.76. The summed E-state index contributed by atoms with van der Waals surface area (Å²) in [5.74, 6) is 0.737. The van der Waals surface area contributed by atoms with Crippen molar-refractivity contribution in [3.63, 3.8) is 0 Å². The Hall–Kier alpha value is -4.04. The van der Waals surface area contributed by atoms with Crippen LogP contribution in [0, 0.1) is 0 Å². The molecule has 0 saturated carbocycles. The average molecular weight is 471 g/mol. The molecule has 0 amide bonds. The van der Waals surface area contributed by atoms with Gasteiger partial charge in [-0.1, -0.05) is 18.2 Å². The third-order valence-corrected chi connectivity index (χ3v) is 7.13. The van der Waals surface area contributed by atoms with Gasteiger partial charge in [-0.25, -0.2) is 4.79 Å². The van der Waals surface area contributed by atoms with Crippen molar-refractivity contribution in [1.29, 1.82) is 0 Å². The molecule has 0 bridgehead atoms. The van der Waals surface area contributed by atoms with E-state index >= 15 is 0 Å². The maximum Gasteiger partial charge on any atom is 0.331 e. The lowest BCUT2D eigenvalue weighted by atomic mass is 10.0. The summed E-state index contributed by atoms with van der Waals surface area (Å²) >= 11 is 0. The molecule has 1 atom stereocenters. The summed E-state index contributed by atoms with van der Waals surface area (Å²) in [5, 5.41) is 1.60. The highest BCUT2D eigenvalue weighted by Crippen LogP contribution is 2.42. The lowest BCUT2D eigenvalue weighted by Gasteiger charge is -2.27. The van der Waals surface area contributed by atoms with Gasteiger partial charge in [-0.2, -0.15) is 0 Å². The first-order chi connectivity index (χ1) is 16.9. The highest BCUT2D eigenvalue weighted by atomic mass is 16.5. The van der Waals surface area contributed by atoms with Crippen LogP contribution in [-0.2, 0) is 32.4 Å². The third-order valence-electron chi connectivity index (χ3n) is 7.13. The number of aryl methyl sites for hydroxylation is 2. The molecule has 0 spiro atoms. The fourth-order valence-corrected chi connectivity index (χ4v) is 5.45. The van der Waals surface area contributed by atoms with Crippen LogP contribution in [0.25, 0.3) is 33.1 Å². The Labute approximate surface area is 201 Å². The number of methoxy groups -OCH3 is 1. The van der Waals surface area contributed by atoms with Gasteiger partial charge >= 0.3 is 5.69 Å². The van der Waals surface area contributed by atoms with Gasteiger partial charge in [0.2, 0.25) is 0 Å². The predicted molar refractivity (Wildman–Crippen MR) is 135 cm³/mol. The zero-order valence-corrected chi connectivity index (χ0v) is 20.1. The molecule has 178 valence electrons. The van der Waals surface area contributed by atoms with Crippen LogP contribution in [0.2, 0.25) is 0 Å². The fourth-order valence-electron chi connectivity index (χ4n) is 5.45. The molecule has 0 fully saturated rings. The SMILES string of the molecule is COc1ccc(-c2c3c(=O)n(C)c(=O)n(C)c3c3n2CCOC3c2cn(C)c3ccccc23)cc1. The van der Waals surface area contributed by atoms with Gasteiger partial charge in [0.05, 0.1) is 36.0 Å². The summed E-state index contributed by atoms with van der Waals surface area (Å²) in [6.07, 6.45) is 1.65. The molecule has 35 heavy (non-hydrogen) atoms. The van der Waals surface area contributed by atoms with Gasteiger partial charge in [0.1, 0.15) is 11.9 Å². The minimum Gasteiger partial charge on any atom is -0.497 e. The first-order valence-corrected chi connectivity index (χ1v) is 11.5. The van der Waals surface area contributed by atoms with Crippen LogP contribution >= 0.6 is 0 Å². The molecule has 0 saturated heterocycles. The molecule has 0 aliphatic carbocycles. The van der Waals surface area contributed by atoms with Crippen LogP contribution in [0.5, 0.6) is 5.75 Å². The van der Waals surface area contributed by atoms with E-state index in [0.29, 0.717) is 24.1 Å². The summed E-state index contributed by atoms with van der Waals surface area (Å²) in [6.45, 7) is 1.06. The molecular formula is C27H26N4O4. The van der Waals surface area contributed by atoms with Crippen molar-refractivity contribution in [2.45, 2.75) is 12.6 Å². The largest absolute Gasteiger partial charge is 0.497 e. The zero-order valence-electron chi connectivity index (χ0n) is 20.1. The molecule has 0 N–H and O–H groups in total. The van der Waals surface area contributed by atoms with Crippen molar-refractivity contribution >= 4 is 21.8 Å². The van der Waals surface area contributed by atoms with Crippen LogP contribution in [-0.4, -0.2) is 32.0 Å². The lowest BCUT2D eigenvalue weighted by molar-refractivity contribution is 0.0486. The molecule has 6 rings (SSSR count). The maximum atomic E-state index is 13.6. The van der Waals surface area contributed by atoms with E-state index in [0.717, 1.165) is 39.2 Å². The minimum atomic E-state index is -0.429. The van der Waals surface area contributed by atoms with Gasteiger partial charge in [0.15, 0.2) is 0 Å². The molecule has 3 aromatic heterocycles. The zero-order chi connectivity index (χ0) is 24.4. The van der Waals surface area contributed by atoms with E-state index < -0.39 is 6.10 Å². The van der Waals surface area contributed by atoms with Crippen LogP contribution in [0.1, 0.15) is 17.4 Å². The topological polar surface area (TPSA) is 72.3 Å². The second-order valence-corrected chi connectivity index (χ2v) is 9.01. The minimum absolute atomic E-state index is 0.313. The summed E-state index contributed by atoms with van der Waals surface area (Å²) < 4.78 is 18.7. The number of benzene rings is 2. The number of hydrogen-bond donors (Lipinski definition) is 0. The number of rotatable bonds is 3. The summed E-state index contributed by atoms with van der Waals surface area (Å²) in [5.41, 5.74) is 4.55. The van der Waals surface area contributed by atoms with E-state index in [-0.39, 0.29) is 11.2 Å². The molecule has 1 aliphatic rings. The van der Waals surface area contributed by atoms with Gasteiger partial charge in [0, 0.05) is 50.4 Å². The number of aromatic nitrogens is 4. The normalized spacial score (nSPS) is 15.6. The van der Waals surface area contributed by atoms with Gasteiger partial charge in [-0.05, 0) is 35.9 Å². The maximum absolute atomic E-state index is 13.6. The molecule has 1 unspecified atom stereocenters. The molecule has 0 radical (unpaired) electrons. The van der Waals surface area contributed by atoms with E-state index in [9.17, 15) is 9.59 Å². The standard InChI is InChI=1S/C27H26N4O4/c1-28-15-19(18-7-5-6-8-20(18)28)25-24-23-21(26(32)30(3)27(33)29(23)2)22(31(24)13-14-35-25)16-9-11-17(34-4)12-10-16/h5-12,15,25H,13-14H2,1-4H3. The Bertz CT molecular complexity index is 1730. The third kappa shape index (κ3) is 2.96. The van der Waals surface area contributed by atoms with Crippen LogP contribution in [0.4, 0.5) is 0 Å². The highest BCUT2D eigenvalue weighted by molar-refractivity contribution is 5.97.